The van der Waals surface area contributed by atoms with Crippen LogP contribution in [0.25, 0.3) is 6.08 Å². The van der Waals surface area contributed by atoms with Crippen LogP contribution in [0, 0.1) is 17.6 Å². The normalized spacial score (nSPS) is 19.3. The third kappa shape index (κ3) is 7.70. The molecule has 0 spiro atoms. The van der Waals surface area contributed by atoms with E-state index in [9.17, 15) is 30.7 Å². The van der Waals surface area contributed by atoms with E-state index < -0.39 is 47.1 Å². The van der Waals surface area contributed by atoms with Gasteiger partial charge in [0.05, 0.1) is 18.8 Å². The number of alkyl halides is 5. The Labute approximate surface area is 198 Å². The van der Waals surface area contributed by atoms with Gasteiger partial charge in [0.2, 0.25) is 0 Å². The van der Waals surface area contributed by atoms with Gasteiger partial charge < -0.3 is 14.2 Å². The molecule has 0 N–H and O–H groups in total. The fraction of sp³-hybridized carbons (Fsp3) is 0.440. The van der Waals surface area contributed by atoms with E-state index in [4.69, 9.17) is 9.47 Å². The van der Waals surface area contributed by atoms with Crippen molar-refractivity contribution in [2.45, 2.75) is 51.2 Å². The van der Waals surface area contributed by atoms with E-state index >= 15 is 0 Å². The van der Waals surface area contributed by atoms with Crippen LogP contribution in [-0.4, -0.2) is 19.4 Å². The highest BCUT2D eigenvalue weighted by Crippen LogP contribution is 2.35. The minimum atomic E-state index is -4.79. The fourth-order valence-corrected chi connectivity index (χ4v) is 3.58. The van der Waals surface area contributed by atoms with Crippen LogP contribution in [-0.2, 0) is 15.6 Å². The molecule has 1 aliphatic heterocycles. The third-order valence-corrected chi connectivity index (χ3v) is 5.44. The standard InChI is InChI=1S/C25H25F7O3/c1-2-3-4-5-16-14-33-23(34-15-16)17-6-8-18(9-7-17)25(31,32)35-19-12-21(26)20(22(27)13-19)10-11-24(28,29)30/h6-13,16,23H,2-5,14-15H2,1H3/b11-10+. The predicted molar refractivity (Wildman–Crippen MR) is 115 cm³/mol. The lowest BCUT2D eigenvalue weighted by Crippen LogP contribution is -2.27. The second-order valence-electron chi connectivity index (χ2n) is 8.28. The molecule has 3 rings (SSSR count). The summed E-state index contributed by atoms with van der Waals surface area (Å²) in [5.74, 6) is -3.56. The highest BCUT2D eigenvalue weighted by atomic mass is 19.4. The average Bonchev–Trinajstić information content (AvgIpc) is 2.78. The lowest BCUT2D eigenvalue weighted by Gasteiger charge is -2.30. The number of hydrogen-bond donors (Lipinski definition) is 0. The van der Waals surface area contributed by atoms with Crippen LogP contribution in [0.4, 0.5) is 30.7 Å². The van der Waals surface area contributed by atoms with E-state index in [-0.39, 0.29) is 18.1 Å². The van der Waals surface area contributed by atoms with Crippen LogP contribution in [0.15, 0.2) is 42.5 Å². The van der Waals surface area contributed by atoms with Crippen LogP contribution < -0.4 is 4.74 Å². The second-order valence-corrected chi connectivity index (χ2v) is 8.28. The lowest BCUT2D eigenvalue weighted by molar-refractivity contribution is -0.206. The number of halogens is 7. The summed E-state index contributed by atoms with van der Waals surface area (Å²) >= 11 is 0. The first-order chi connectivity index (χ1) is 16.5. The van der Waals surface area contributed by atoms with Crippen LogP contribution in [0.1, 0.15) is 55.6 Å². The van der Waals surface area contributed by atoms with Crippen molar-refractivity contribution in [3.05, 3.63) is 70.8 Å². The van der Waals surface area contributed by atoms with Crippen LogP contribution in [0.2, 0.25) is 0 Å². The molecular formula is C25H25F7O3. The summed E-state index contributed by atoms with van der Waals surface area (Å²) in [6.07, 6.45) is -5.32. The van der Waals surface area contributed by atoms with E-state index in [1.165, 1.54) is 12.1 Å². The summed E-state index contributed by atoms with van der Waals surface area (Å²) in [4.78, 5) is 0. The summed E-state index contributed by atoms with van der Waals surface area (Å²) in [5, 5.41) is 0. The highest BCUT2D eigenvalue weighted by molar-refractivity contribution is 5.53. The first-order valence-corrected chi connectivity index (χ1v) is 11.1. The Hall–Kier alpha value is -2.59. The van der Waals surface area contributed by atoms with Crippen molar-refractivity contribution in [1.82, 2.24) is 0 Å². The maximum absolute atomic E-state index is 14.6. The Bertz CT molecular complexity index is 972. The molecule has 2 aromatic rings. The van der Waals surface area contributed by atoms with Gasteiger partial charge in [-0.05, 0) is 24.6 Å². The van der Waals surface area contributed by atoms with Gasteiger partial charge in [0.1, 0.15) is 17.4 Å². The van der Waals surface area contributed by atoms with Gasteiger partial charge in [-0.3, -0.25) is 0 Å². The zero-order valence-corrected chi connectivity index (χ0v) is 18.9. The second kappa shape index (κ2) is 11.4. The number of benzene rings is 2. The summed E-state index contributed by atoms with van der Waals surface area (Å²) in [6.45, 7) is 3.12. The maximum atomic E-state index is 14.6. The maximum Gasteiger partial charge on any atom is 0.426 e. The predicted octanol–water partition coefficient (Wildman–Crippen LogP) is 7.91. The molecule has 0 bridgehead atoms. The van der Waals surface area contributed by atoms with E-state index in [0.717, 1.165) is 37.8 Å². The smallest absolute Gasteiger partial charge is 0.426 e. The molecule has 0 unspecified atom stereocenters. The molecular weight excluding hydrogens is 481 g/mol. The van der Waals surface area contributed by atoms with E-state index in [2.05, 4.69) is 11.7 Å². The van der Waals surface area contributed by atoms with Crippen molar-refractivity contribution in [2.75, 3.05) is 13.2 Å². The molecule has 0 atom stereocenters. The van der Waals surface area contributed by atoms with Crippen molar-refractivity contribution in [1.29, 1.82) is 0 Å². The molecule has 2 aromatic carbocycles. The van der Waals surface area contributed by atoms with E-state index in [0.29, 0.717) is 30.9 Å². The van der Waals surface area contributed by atoms with Crippen molar-refractivity contribution in [2.24, 2.45) is 5.92 Å². The first kappa shape index (κ1) is 27.0. The fourth-order valence-electron chi connectivity index (χ4n) is 3.58. The van der Waals surface area contributed by atoms with Crippen LogP contribution in [0.5, 0.6) is 5.75 Å². The highest BCUT2D eigenvalue weighted by Gasteiger charge is 2.35. The molecule has 1 heterocycles. The molecule has 0 aliphatic carbocycles. The van der Waals surface area contributed by atoms with Gasteiger partial charge in [-0.1, -0.05) is 38.3 Å². The minimum absolute atomic E-state index is 0.175. The molecule has 0 radical (unpaired) electrons. The minimum Gasteiger partial charge on any atom is -0.429 e. The van der Waals surface area contributed by atoms with Gasteiger partial charge in [0.25, 0.3) is 0 Å². The largest absolute Gasteiger partial charge is 0.429 e. The van der Waals surface area contributed by atoms with E-state index in [1.807, 2.05) is 0 Å². The Kier molecular flexibility index (Phi) is 8.82. The summed E-state index contributed by atoms with van der Waals surface area (Å²) < 4.78 is 110. The quantitative estimate of drug-likeness (QED) is 0.256. The SMILES string of the molecule is CCCCCC1COC(c2ccc(C(F)(F)Oc3cc(F)c(/C=C/C(F)(F)F)c(F)c3)cc2)OC1. The zero-order chi connectivity index (χ0) is 25.6. The Morgan fingerprint density at radius 1 is 0.943 bits per heavy atom. The molecule has 0 aromatic heterocycles. The van der Waals surface area contributed by atoms with Gasteiger partial charge in [-0.2, -0.15) is 22.0 Å². The number of allylic oxidation sites excluding steroid dienone is 1. The number of ether oxygens (including phenoxy) is 3. The summed E-state index contributed by atoms with van der Waals surface area (Å²) in [7, 11) is 0. The zero-order valence-electron chi connectivity index (χ0n) is 18.9. The van der Waals surface area contributed by atoms with Crippen molar-refractivity contribution in [3.63, 3.8) is 0 Å². The molecule has 192 valence electrons. The van der Waals surface area contributed by atoms with Crippen molar-refractivity contribution < 1.29 is 44.9 Å². The summed E-state index contributed by atoms with van der Waals surface area (Å²) in [5.41, 5.74) is -1.10. The molecule has 10 heteroatoms. The van der Waals surface area contributed by atoms with Gasteiger partial charge in [0, 0.05) is 35.3 Å². The molecule has 1 fully saturated rings. The number of unbranched alkanes of at least 4 members (excludes halogenated alkanes) is 2. The number of rotatable bonds is 9. The Morgan fingerprint density at radius 2 is 1.54 bits per heavy atom. The Morgan fingerprint density at radius 3 is 2.09 bits per heavy atom. The number of hydrogen-bond acceptors (Lipinski definition) is 3. The third-order valence-electron chi connectivity index (χ3n) is 5.44. The molecule has 3 nitrogen and oxygen atoms in total. The monoisotopic (exact) mass is 506 g/mol. The molecule has 1 aliphatic rings. The van der Waals surface area contributed by atoms with E-state index in [1.54, 1.807) is 0 Å². The topological polar surface area (TPSA) is 27.7 Å². The first-order valence-electron chi connectivity index (χ1n) is 11.1. The van der Waals surface area contributed by atoms with Crippen LogP contribution in [0.3, 0.4) is 0 Å². The molecule has 0 saturated carbocycles. The molecule has 1 saturated heterocycles. The molecule has 35 heavy (non-hydrogen) atoms. The average molecular weight is 506 g/mol. The lowest BCUT2D eigenvalue weighted by atomic mass is 10.0. The van der Waals surface area contributed by atoms with Gasteiger partial charge in [-0.15, -0.1) is 0 Å². The van der Waals surface area contributed by atoms with Gasteiger partial charge in [0.15, 0.2) is 6.29 Å². The molecule has 0 amide bonds. The van der Waals surface area contributed by atoms with Gasteiger partial charge in [-0.25, -0.2) is 8.78 Å². The van der Waals surface area contributed by atoms with Crippen molar-refractivity contribution >= 4 is 6.08 Å². The van der Waals surface area contributed by atoms with Gasteiger partial charge >= 0.3 is 12.3 Å². The van der Waals surface area contributed by atoms with Crippen molar-refractivity contribution in [3.8, 4) is 5.75 Å². The summed E-state index contributed by atoms with van der Waals surface area (Å²) in [6, 6.07) is 5.68. The Balaban J connectivity index is 1.64. The van der Waals surface area contributed by atoms with Crippen LogP contribution >= 0.6 is 0 Å².